The van der Waals surface area contributed by atoms with Gasteiger partial charge in [-0.1, -0.05) is 44.0 Å². The van der Waals surface area contributed by atoms with Gasteiger partial charge in [-0.05, 0) is 51.1 Å². The summed E-state index contributed by atoms with van der Waals surface area (Å²) in [4.78, 5) is 9.31. The molecule has 1 aliphatic rings. The third-order valence-corrected chi connectivity index (χ3v) is 8.09. The topological polar surface area (TPSA) is 74.7 Å². The first-order chi connectivity index (χ1) is 17.1. The van der Waals surface area contributed by atoms with Gasteiger partial charge in [-0.25, -0.2) is 9.97 Å². The molecule has 1 saturated heterocycles. The van der Waals surface area contributed by atoms with E-state index in [9.17, 15) is 0 Å². The lowest BCUT2D eigenvalue weighted by molar-refractivity contribution is -0.107. The van der Waals surface area contributed by atoms with Gasteiger partial charge in [-0.2, -0.15) is 0 Å². The van der Waals surface area contributed by atoms with E-state index in [4.69, 9.17) is 46.5 Å². The highest BCUT2D eigenvalue weighted by Gasteiger charge is 2.36. The van der Waals surface area contributed by atoms with Crippen LogP contribution in [-0.2, 0) is 13.6 Å². The molecule has 0 aliphatic carbocycles. The third kappa shape index (κ3) is 7.66. The number of benzene rings is 1. The van der Waals surface area contributed by atoms with Crippen molar-refractivity contribution in [2.45, 2.75) is 66.0 Å². The van der Waals surface area contributed by atoms with Crippen molar-refractivity contribution in [3.63, 3.8) is 0 Å². The van der Waals surface area contributed by atoms with Crippen molar-refractivity contribution >= 4 is 48.5 Å². The van der Waals surface area contributed by atoms with Gasteiger partial charge in [0.05, 0.1) is 6.61 Å². The molecule has 0 spiro atoms. The summed E-state index contributed by atoms with van der Waals surface area (Å²) in [6.45, 7) is 14.3. The fourth-order valence-electron chi connectivity index (χ4n) is 3.78. The maximum absolute atomic E-state index is 6.50. The van der Waals surface area contributed by atoms with Crippen LogP contribution in [0.1, 0.15) is 39.2 Å². The number of rotatable bonds is 12. The monoisotopic (exact) mass is 567 g/mol. The smallest absolute Gasteiger partial charge is 0.229 e. The van der Waals surface area contributed by atoms with Crippen LogP contribution in [-0.4, -0.2) is 61.6 Å². The van der Waals surface area contributed by atoms with Gasteiger partial charge in [0.15, 0.2) is 5.82 Å². The molecule has 0 amide bonds. The molecular weight excluding hydrogens is 533 g/mol. The molecule has 3 rings (SSSR count). The van der Waals surface area contributed by atoms with Gasteiger partial charge in [0, 0.05) is 46.7 Å². The number of hydrogen-bond donors (Lipinski definition) is 1. The number of hydrogen-bond acceptors (Lipinski definition) is 7. The van der Waals surface area contributed by atoms with Crippen LogP contribution < -0.4 is 10.1 Å². The van der Waals surface area contributed by atoms with E-state index < -0.39 is 0 Å². The Morgan fingerprint density at radius 1 is 1.11 bits per heavy atom. The maximum atomic E-state index is 6.50. The minimum atomic E-state index is -0.289. The predicted molar refractivity (Wildman–Crippen MR) is 147 cm³/mol. The molecule has 0 bridgehead atoms. The lowest BCUT2D eigenvalue weighted by Gasteiger charge is -2.38. The van der Waals surface area contributed by atoms with Crippen LogP contribution in [0.5, 0.6) is 5.75 Å². The first-order valence-electron chi connectivity index (χ1n) is 12.1. The van der Waals surface area contributed by atoms with Crippen molar-refractivity contribution in [1.82, 2.24) is 9.97 Å². The largest absolute Gasteiger partial charge is 0.493 e. The molecule has 1 atom stereocenters. The van der Waals surface area contributed by atoms with Crippen LogP contribution in [0, 0.1) is 18.3 Å². The summed E-state index contributed by atoms with van der Waals surface area (Å²) in [5, 5.41) is 4.46. The molecule has 1 aromatic carbocycles. The van der Waals surface area contributed by atoms with Crippen molar-refractivity contribution in [1.29, 1.82) is 0 Å². The summed E-state index contributed by atoms with van der Waals surface area (Å²) in [6, 6.07) is 5.81. The SMILES string of the molecule is C[Si]OC(O[Si]C)C(C)(C)C(C)COc1cc(Cl)cc(-c2nc(Cl)c(C)c(NC3CCOCC3)n2)c1. The Kier molecular flexibility index (Phi) is 11.0. The molecule has 11 heteroatoms. The van der Waals surface area contributed by atoms with Gasteiger partial charge in [0.2, 0.25) is 19.5 Å². The zero-order chi connectivity index (χ0) is 26.3. The van der Waals surface area contributed by atoms with E-state index in [0.29, 0.717) is 47.9 Å². The summed E-state index contributed by atoms with van der Waals surface area (Å²) >= 11 is 13.0. The van der Waals surface area contributed by atoms with Gasteiger partial charge in [-0.3, -0.25) is 0 Å². The number of nitrogens with one attached hydrogen (secondary N) is 1. The lowest BCUT2D eigenvalue weighted by Crippen LogP contribution is -2.42. The average Bonchev–Trinajstić information content (AvgIpc) is 2.85. The number of halogens is 2. The third-order valence-electron chi connectivity index (χ3n) is 6.61. The summed E-state index contributed by atoms with van der Waals surface area (Å²) in [6.07, 6.45) is 1.56. The van der Waals surface area contributed by atoms with Crippen LogP contribution in [0.25, 0.3) is 11.4 Å². The first kappa shape index (κ1) is 29.4. The Balaban J connectivity index is 1.78. The first-order valence-corrected chi connectivity index (χ1v) is 15.7. The summed E-state index contributed by atoms with van der Waals surface area (Å²) < 4.78 is 23.5. The van der Waals surface area contributed by atoms with Crippen molar-refractivity contribution in [2.24, 2.45) is 11.3 Å². The maximum Gasteiger partial charge on any atom is 0.229 e. The van der Waals surface area contributed by atoms with Crippen molar-refractivity contribution in [3.05, 3.63) is 33.9 Å². The molecule has 2 aromatic rings. The Hall–Kier alpha value is -1.21. The fourth-order valence-corrected chi connectivity index (χ4v) is 5.40. The quantitative estimate of drug-likeness (QED) is 0.189. The molecule has 36 heavy (non-hydrogen) atoms. The second-order valence-electron chi connectivity index (χ2n) is 9.53. The lowest BCUT2D eigenvalue weighted by atomic mass is 9.80. The number of anilines is 1. The molecule has 0 saturated carbocycles. The second-order valence-corrected chi connectivity index (χ2v) is 11.6. The highest BCUT2D eigenvalue weighted by molar-refractivity contribution is 6.31. The molecule has 7 nitrogen and oxygen atoms in total. The Bertz CT molecular complexity index is 1000. The molecule has 196 valence electrons. The van der Waals surface area contributed by atoms with Crippen LogP contribution in [0.2, 0.25) is 23.3 Å². The minimum Gasteiger partial charge on any atom is -0.493 e. The second kappa shape index (κ2) is 13.5. The van der Waals surface area contributed by atoms with Crippen LogP contribution in [0.3, 0.4) is 0 Å². The summed E-state index contributed by atoms with van der Waals surface area (Å²) in [5.74, 6) is 2.02. The van der Waals surface area contributed by atoms with Crippen LogP contribution >= 0.6 is 23.2 Å². The number of aromatic nitrogens is 2. The molecule has 4 radical (unpaired) electrons. The molecule has 1 aliphatic heterocycles. The molecule has 1 aromatic heterocycles. The standard InChI is InChI=1S/C25H35Cl2N3O4Si2/c1-15(25(3,4)24(33-35-5)34-36-6)14-32-20-12-17(11-18(26)13-20)23-29-21(27)16(2)22(30-23)28-19-7-9-31-10-8-19/h11-13,15,19,24H,7-10,14H2,1-6H3,(H,28,29,30). The fraction of sp³-hybridized carbons (Fsp3) is 0.600. The van der Waals surface area contributed by atoms with Gasteiger partial charge < -0.3 is 23.6 Å². The average molecular weight is 569 g/mol. The normalized spacial score (nSPS) is 15.8. The van der Waals surface area contributed by atoms with E-state index in [1.54, 1.807) is 6.07 Å². The van der Waals surface area contributed by atoms with Crippen LogP contribution in [0.4, 0.5) is 5.82 Å². The van der Waals surface area contributed by atoms with Crippen LogP contribution in [0.15, 0.2) is 18.2 Å². The zero-order valence-electron chi connectivity index (χ0n) is 21.8. The summed E-state index contributed by atoms with van der Waals surface area (Å²) in [7, 11) is 0.705. The molecule has 1 unspecified atom stereocenters. The molecular formula is C25H35Cl2N3O4Si2. The summed E-state index contributed by atoms with van der Waals surface area (Å²) in [5.41, 5.74) is 1.32. The number of ether oxygens (including phenoxy) is 2. The highest BCUT2D eigenvalue weighted by Crippen LogP contribution is 2.35. The van der Waals surface area contributed by atoms with E-state index in [1.165, 1.54) is 0 Å². The predicted octanol–water partition coefficient (Wildman–Crippen LogP) is 6.08. The Labute approximate surface area is 229 Å². The number of nitrogens with zero attached hydrogens (tertiary/aromatic N) is 2. The molecule has 1 N–H and O–H groups in total. The molecule has 1 fully saturated rings. The van der Waals surface area contributed by atoms with E-state index in [-0.39, 0.29) is 23.7 Å². The zero-order valence-corrected chi connectivity index (χ0v) is 25.3. The van der Waals surface area contributed by atoms with Gasteiger partial charge >= 0.3 is 0 Å². The Morgan fingerprint density at radius 2 is 1.78 bits per heavy atom. The Morgan fingerprint density at radius 3 is 2.42 bits per heavy atom. The van der Waals surface area contributed by atoms with Crippen molar-refractivity contribution < 1.29 is 18.3 Å². The van der Waals surface area contributed by atoms with Crippen molar-refractivity contribution in [2.75, 3.05) is 25.1 Å². The van der Waals surface area contributed by atoms with Gasteiger partial charge in [0.25, 0.3) is 0 Å². The molecule has 2 heterocycles. The van der Waals surface area contributed by atoms with E-state index in [2.05, 4.69) is 31.1 Å². The van der Waals surface area contributed by atoms with E-state index >= 15 is 0 Å². The van der Waals surface area contributed by atoms with E-state index in [0.717, 1.165) is 43.0 Å². The van der Waals surface area contributed by atoms with Crippen molar-refractivity contribution in [3.8, 4) is 17.1 Å². The van der Waals surface area contributed by atoms with E-state index in [1.807, 2.05) is 32.2 Å². The highest BCUT2D eigenvalue weighted by atomic mass is 35.5. The van der Waals surface area contributed by atoms with Gasteiger partial charge in [0.1, 0.15) is 23.0 Å². The minimum absolute atomic E-state index is 0.151. The van der Waals surface area contributed by atoms with Gasteiger partial charge in [-0.15, -0.1) is 0 Å².